The first-order valence-corrected chi connectivity index (χ1v) is 2.41. The summed E-state index contributed by atoms with van der Waals surface area (Å²) in [5.41, 5.74) is 0. The molecule has 0 aliphatic heterocycles. The van der Waals surface area contributed by atoms with Crippen LogP contribution >= 0.6 is 11.3 Å². The molecule has 0 unspecified atom stereocenters. The van der Waals surface area contributed by atoms with Crippen LogP contribution in [0.15, 0.2) is 22.9 Å². The molecule has 0 saturated carbocycles. The van der Waals surface area contributed by atoms with Crippen LogP contribution in [-0.4, -0.2) is 17.1 Å². The second kappa shape index (κ2) is 3.41. The zero-order valence-electron chi connectivity index (χ0n) is 3.13. The minimum Gasteiger partial charge on any atom is -0.152 e. The van der Waals surface area contributed by atoms with Gasteiger partial charge >= 0.3 is 0 Å². The van der Waals surface area contributed by atoms with Gasteiger partial charge in [0.05, 0.1) is 0 Å². The quantitative estimate of drug-likeness (QED) is 0.506. The van der Waals surface area contributed by atoms with Gasteiger partial charge in [-0.15, -0.1) is 0 Å². The first-order chi connectivity index (χ1) is 2.50. The Kier molecular flexibility index (Phi) is 3.54. The molecule has 0 spiro atoms. The van der Waals surface area contributed by atoms with Gasteiger partial charge in [0.2, 0.25) is 0 Å². The van der Waals surface area contributed by atoms with Crippen molar-refractivity contribution in [3.63, 3.8) is 0 Å². The molecule has 1 aromatic rings. The van der Waals surface area contributed by atoms with Crippen molar-refractivity contribution < 1.29 is 0 Å². The Hall–Kier alpha value is 0.219. The Morgan fingerprint density at radius 2 is 1.50 bits per heavy atom. The van der Waals surface area contributed by atoms with Crippen LogP contribution in [0.4, 0.5) is 0 Å². The molecule has 1 heterocycles. The van der Waals surface area contributed by atoms with E-state index in [0.717, 1.165) is 0 Å². The third-order valence-electron chi connectivity index (χ3n) is 0.425. The number of hydrogen-bond acceptors (Lipinski definition) is 1. The second-order valence-corrected chi connectivity index (χ2v) is 1.61. The van der Waals surface area contributed by atoms with E-state index in [-0.39, 0.29) is 17.1 Å². The molecule has 0 aliphatic carbocycles. The smallest absolute Gasteiger partial charge is 0 e. The van der Waals surface area contributed by atoms with Crippen molar-refractivity contribution in [1.29, 1.82) is 0 Å². The molecule has 2 radical (unpaired) electrons. The Bertz CT molecular complexity index is 64.0. The van der Waals surface area contributed by atoms with Crippen LogP contribution in [0, 0.1) is 0 Å². The second-order valence-electron chi connectivity index (χ2n) is 0.793. The predicted octanol–water partition coefficient (Wildman–Crippen LogP) is 1.37. The van der Waals surface area contributed by atoms with E-state index in [1.807, 2.05) is 22.9 Å². The van der Waals surface area contributed by atoms with Gasteiger partial charge in [-0.1, -0.05) is 12.1 Å². The van der Waals surface area contributed by atoms with Crippen molar-refractivity contribution in [2.75, 3.05) is 0 Å². The zero-order valence-corrected chi connectivity index (χ0v) is 5.66. The van der Waals surface area contributed by atoms with Gasteiger partial charge in [0, 0.05) is 17.1 Å². The van der Waals surface area contributed by atoms with E-state index >= 15 is 0 Å². The molecule has 1 rings (SSSR count). The largest absolute Gasteiger partial charge is 0.152 e. The summed E-state index contributed by atoms with van der Waals surface area (Å²) in [7, 11) is 0. The fourth-order valence-electron chi connectivity index (χ4n) is 0.227. The van der Waals surface area contributed by atoms with Crippen molar-refractivity contribution in [3.05, 3.63) is 22.9 Å². The normalized spacial score (nSPS) is 6.67. The molecule has 0 bridgehead atoms. The van der Waals surface area contributed by atoms with Crippen LogP contribution in [-0.2, 0) is 0 Å². The molecule has 0 aromatic carbocycles. The molecule has 32 valence electrons. The Morgan fingerprint density at radius 3 is 1.67 bits per heavy atom. The van der Waals surface area contributed by atoms with Gasteiger partial charge < -0.3 is 0 Å². The van der Waals surface area contributed by atoms with Crippen molar-refractivity contribution in [1.82, 2.24) is 0 Å². The van der Waals surface area contributed by atoms with Crippen LogP contribution in [0.2, 0.25) is 0 Å². The summed E-state index contributed by atoms with van der Waals surface area (Å²) < 4.78 is 0. The number of thiophene rings is 1. The summed E-state index contributed by atoms with van der Waals surface area (Å²) in [4.78, 5) is 0. The molecule has 6 heavy (non-hydrogen) atoms. The Balaban J connectivity index is 0.000000250. The summed E-state index contributed by atoms with van der Waals surface area (Å²) in [5.74, 6) is 0. The van der Waals surface area contributed by atoms with Crippen molar-refractivity contribution in [2.45, 2.75) is 0 Å². The SMILES string of the molecule is [Se].c1ccsc1. The maximum Gasteiger partial charge on any atom is 0 e. The first kappa shape index (κ1) is 6.22. The molecule has 1 aromatic heterocycles. The molecule has 0 atom stereocenters. The summed E-state index contributed by atoms with van der Waals surface area (Å²) in [6, 6.07) is 4.04. The van der Waals surface area contributed by atoms with Gasteiger partial charge in [-0.25, -0.2) is 0 Å². The molecule has 0 aliphatic rings. The van der Waals surface area contributed by atoms with Gasteiger partial charge in [0.1, 0.15) is 0 Å². The number of hydrogen-bond donors (Lipinski definition) is 0. The van der Waals surface area contributed by atoms with Gasteiger partial charge in [-0.2, -0.15) is 11.3 Å². The van der Waals surface area contributed by atoms with Gasteiger partial charge in [-0.05, 0) is 10.8 Å². The Labute approximate surface area is 51.7 Å². The summed E-state index contributed by atoms with van der Waals surface area (Å²) in [6.45, 7) is 0. The third kappa shape index (κ3) is 1.61. The fraction of sp³-hybridized carbons (Fsp3) is 0. The van der Waals surface area contributed by atoms with Crippen LogP contribution in [0.1, 0.15) is 0 Å². The third-order valence-corrected chi connectivity index (χ3v) is 1.05. The van der Waals surface area contributed by atoms with Crippen LogP contribution in [0.3, 0.4) is 0 Å². The van der Waals surface area contributed by atoms with E-state index in [4.69, 9.17) is 0 Å². The minimum atomic E-state index is 0. The standard InChI is InChI=1S/C4H4S.Se/c1-2-4-5-3-1;/h1-4H;. The minimum absolute atomic E-state index is 0. The van der Waals surface area contributed by atoms with E-state index < -0.39 is 0 Å². The molecular weight excluding hydrogens is 159 g/mol. The maximum atomic E-state index is 2.04. The maximum absolute atomic E-state index is 2.04. The van der Waals surface area contributed by atoms with E-state index in [9.17, 15) is 0 Å². The molecule has 0 amide bonds. The van der Waals surface area contributed by atoms with Crippen LogP contribution in [0.5, 0.6) is 0 Å². The topological polar surface area (TPSA) is 0 Å². The predicted molar refractivity (Wildman–Crippen MR) is 30.1 cm³/mol. The molecular formula is C4H4SSe. The van der Waals surface area contributed by atoms with E-state index in [2.05, 4.69) is 0 Å². The van der Waals surface area contributed by atoms with Gasteiger partial charge in [0.15, 0.2) is 0 Å². The molecule has 0 N–H and O–H groups in total. The summed E-state index contributed by atoms with van der Waals surface area (Å²) in [6.07, 6.45) is 0. The van der Waals surface area contributed by atoms with Crippen molar-refractivity contribution in [3.8, 4) is 0 Å². The summed E-state index contributed by atoms with van der Waals surface area (Å²) in [5, 5.41) is 4.08. The van der Waals surface area contributed by atoms with Crippen LogP contribution < -0.4 is 0 Å². The zero-order chi connectivity index (χ0) is 3.54. The monoisotopic (exact) mass is 164 g/mol. The van der Waals surface area contributed by atoms with Crippen molar-refractivity contribution >= 4 is 28.4 Å². The van der Waals surface area contributed by atoms with Gasteiger partial charge in [-0.3, -0.25) is 0 Å². The average molecular weight is 163 g/mol. The van der Waals surface area contributed by atoms with E-state index in [1.165, 1.54) is 0 Å². The van der Waals surface area contributed by atoms with Gasteiger partial charge in [0.25, 0.3) is 0 Å². The molecule has 0 fully saturated rings. The number of rotatable bonds is 0. The van der Waals surface area contributed by atoms with Crippen LogP contribution in [0.25, 0.3) is 0 Å². The fourth-order valence-corrected chi connectivity index (χ4v) is 0.680. The average Bonchev–Trinajstić information content (AvgIpc) is 1.76. The molecule has 0 saturated heterocycles. The first-order valence-electron chi connectivity index (χ1n) is 1.47. The van der Waals surface area contributed by atoms with Crippen molar-refractivity contribution in [2.24, 2.45) is 0 Å². The molecule has 0 nitrogen and oxygen atoms in total. The van der Waals surface area contributed by atoms with E-state index in [1.54, 1.807) is 11.3 Å². The van der Waals surface area contributed by atoms with E-state index in [0.29, 0.717) is 0 Å². The Morgan fingerprint density at radius 1 is 1.00 bits per heavy atom. The molecule has 2 heteroatoms. The summed E-state index contributed by atoms with van der Waals surface area (Å²) >= 11 is 1.71.